The van der Waals surface area contributed by atoms with Gasteiger partial charge in [-0.25, -0.2) is 14.4 Å². The minimum absolute atomic E-state index is 0.347. The second-order valence-corrected chi connectivity index (χ2v) is 6.49. The summed E-state index contributed by atoms with van der Waals surface area (Å²) >= 11 is 0. The van der Waals surface area contributed by atoms with E-state index in [1.54, 1.807) is 23.6 Å². The Morgan fingerprint density at radius 2 is 1.88 bits per heavy atom. The highest BCUT2D eigenvalue weighted by Gasteiger charge is 2.47. The smallest absolute Gasteiger partial charge is 0.260 e. The summed E-state index contributed by atoms with van der Waals surface area (Å²) in [6.07, 6.45) is 7.84. The zero-order valence-corrected chi connectivity index (χ0v) is 13.4. The molecule has 3 heterocycles. The molecule has 1 fully saturated rings. The van der Waals surface area contributed by atoms with Crippen molar-refractivity contribution in [2.24, 2.45) is 0 Å². The van der Waals surface area contributed by atoms with Crippen molar-refractivity contribution in [3.05, 3.63) is 42.1 Å². The maximum absolute atomic E-state index is 14.5. The van der Waals surface area contributed by atoms with Crippen LogP contribution in [-0.2, 0) is 17.6 Å². The number of carbonyl (C=O) groups is 1. The number of hydrogen-bond acceptors (Lipinski definition) is 4. The molecular weight excluding hydrogens is 307 g/mol. The van der Waals surface area contributed by atoms with Crippen molar-refractivity contribution in [1.82, 2.24) is 19.9 Å². The number of halogens is 1. The molecule has 0 saturated heterocycles. The summed E-state index contributed by atoms with van der Waals surface area (Å²) in [5, 5.41) is 0. The SMILES string of the molecule is O=C(N1CCc2ncnc(-c3ccncc3)c2CC1)C1(F)CCC1. The van der Waals surface area contributed by atoms with Gasteiger partial charge in [0, 0.05) is 48.7 Å². The van der Waals surface area contributed by atoms with E-state index in [4.69, 9.17) is 0 Å². The Balaban J connectivity index is 1.60. The molecule has 0 atom stereocenters. The summed E-state index contributed by atoms with van der Waals surface area (Å²) in [5.41, 5.74) is 2.25. The van der Waals surface area contributed by atoms with Gasteiger partial charge in [0.25, 0.3) is 5.91 Å². The van der Waals surface area contributed by atoms with Gasteiger partial charge in [-0.15, -0.1) is 0 Å². The number of nitrogens with zero attached hydrogens (tertiary/aromatic N) is 4. The molecule has 2 aromatic heterocycles. The van der Waals surface area contributed by atoms with Gasteiger partial charge in [0.1, 0.15) is 6.33 Å². The molecule has 1 aliphatic carbocycles. The third-order valence-electron chi connectivity index (χ3n) is 5.06. The Morgan fingerprint density at radius 1 is 1.12 bits per heavy atom. The zero-order valence-electron chi connectivity index (χ0n) is 13.4. The normalized spacial score (nSPS) is 19.1. The fourth-order valence-electron chi connectivity index (χ4n) is 3.47. The molecule has 1 aliphatic heterocycles. The monoisotopic (exact) mass is 326 g/mol. The van der Waals surface area contributed by atoms with Crippen molar-refractivity contribution in [1.29, 1.82) is 0 Å². The molecule has 5 nitrogen and oxygen atoms in total. The summed E-state index contributed by atoms with van der Waals surface area (Å²) in [7, 11) is 0. The van der Waals surface area contributed by atoms with Crippen molar-refractivity contribution in [3.63, 3.8) is 0 Å². The van der Waals surface area contributed by atoms with E-state index in [2.05, 4.69) is 15.0 Å². The lowest BCUT2D eigenvalue weighted by Gasteiger charge is -2.36. The number of rotatable bonds is 2. The van der Waals surface area contributed by atoms with Crippen LogP contribution in [0.2, 0.25) is 0 Å². The molecule has 0 radical (unpaired) electrons. The van der Waals surface area contributed by atoms with Crippen molar-refractivity contribution in [2.75, 3.05) is 13.1 Å². The largest absolute Gasteiger partial charge is 0.339 e. The van der Waals surface area contributed by atoms with Gasteiger partial charge < -0.3 is 4.90 Å². The van der Waals surface area contributed by atoms with Crippen LogP contribution in [-0.4, -0.2) is 44.5 Å². The van der Waals surface area contributed by atoms with Crippen LogP contribution in [0.5, 0.6) is 0 Å². The molecule has 1 amide bonds. The highest BCUT2D eigenvalue weighted by atomic mass is 19.1. The van der Waals surface area contributed by atoms with Crippen LogP contribution in [0.1, 0.15) is 30.5 Å². The molecule has 2 aromatic rings. The molecule has 0 N–H and O–H groups in total. The highest BCUT2D eigenvalue weighted by molar-refractivity contribution is 5.86. The molecule has 0 unspecified atom stereocenters. The lowest BCUT2D eigenvalue weighted by molar-refractivity contribution is -0.149. The third-order valence-corrected chi connectivity index (χ3v) is 5.06. The number of carbonyl (C=O) groups excluding carboxylic acids is 1. The lowest BCUT2D eigenvalue weighted by Crippen LogP contribution is -2.51. The van der Waals surface area contributed by atoms with E-state index < -0.39 is 5.67 Å². The van der Waals surface area contributed by atoms with Crippen LogP contribution < -0.4 is 0 Å². The minimum atomic E-state index is -1.63. The quantitative estimate of drug-likeness (QED) is 0.850. The third kappa shape index (κ3) is 2.56. The minimum Gasteiger partial charge on any atom is -0.339 e. The van der Waals surface area contributed by atoms with Crippen molar-refractivity contribution < 1.29 is 9.18 Å². The molecule has 0 aromatic carbocycles. The van der Waals surface area contributed by atoms with Gasteiger partial charge in [0.15, 0.2) is 5.67 Å². The van der Waals surface area contributed by atoms with Gasteiger partial charge in [-0.3, -0.25) is 9.78 Å². The predicted octanol–water partition coefficient (Wildman–Crippen LogP) is 2.36. The molecule has 4 rings (SSSR count). The van der Waals surface area contributed by atoms with E-state index in [1.165, 1.54) is 0 Å². The number of amides is 1. The summed E-state index contributed by atoms with van der Waals surface area (Å²) in [5.74, 6) is -0.347. The number of aromatic nitrogens is 3. The van der Waals surface area contributed by atoms with E-state index in [0.29, 0.717) is 38.8 Å². The maximum atomic E-state index is 14.5. The Kier molecular flexibility index (Phi) is 3.75. The number of fused-ring (bicyclic) bond motifs is 1. The first-order valence-corrected chi connectivity index (χ1v) is 8.39. The Morgan fingerprint density at radius 3 is 2.58 bits per heavy atom. The molecule has 24 heavy (non-hydrogen) atoms. The standard InChI is InChI=1S/C18H19FN4O/c19-18(6-1-7-18)17(24)23-10-4-14-15(5-11-23)21-12-22-16(14)13-2-8-20-9-3-13/h2-3,8-9,12H,1,4-7,10-11H2. The zero-order chi connectivity index (χ0) is 16.6. The van der Waals surface area contributed by atoms with Crippen molar-refractivity contribution >= 4 is 5.91 Å². The summed E-state index contributed by atoms with van der Waals surface area (Å²) in [6.45, 7) is 1.03. The van der Waals surface area contributed by atoms with E-state index in [-0.39, 0.29) is 5.91 Å². The Labute approximate surface area is 140 Å². The van der Waals surface area contributed by atoms with E-state index >= 15 is 0 Å². The van der Waals surface area contributed by atoms with Gasteiger partial charge in [-0.1, -0.05) is 0 Å². The van der Waals surface area contributed by atoms with Gasteiger partial charge in [0.2, 0.25) is 0 Å². The second kappa shape index (κ2) is 5.92. The first-order valence-electron chi connectivity index (χ1n) is 8.39. The van der Waals surface area contributed by atoms with Crippen LogP contribution in [0, 0.1) is 0 Å². The maximum Gasteiger partial charge on any atom is 0.260 e. The molecular formula is C18H19FN4O. The topological polar surface area (TPSA) is 59.0 Å². The average Bonchev–Trinajstić information content (AvgIpc) is 2.82. The van der Waals surface area contributed by atoms with Gasteiger partial charge >= 0.3 is 0 Å². The van der Waals surface area contributed by atoms with Crippen LogP contribution in [0.15, 0.2) is 30.9 Å². The molecule has 6 heteroatoms. The van der Waals surface area contributed by atoms with Crippen LogP contribution >= 0.6 is 0 Å². The van der Waals surface area contributed by atoms with E-state index in [0.717, 1.165) is 28.9 Å². The summed E-state index contributed by atoms with van der Waals surface area (Å²) in [4.78, 5) is 27.0. The highest BCUT2D eigenvalue weighted by Crippen LogP contribution is 2.38. The molecule has 0 bridgehead atoms. The van der Waals surface area contributed by atoms with E-state index in [1.807, 2.05) is 12.1 Å². The van der Waals surface area contributed by atoms with Gasteiger partial charge in [-0.05, 0) is 37.8 Å². The van der Waals surface area contributed by atoms with Gasteiger partial charge in [-0.2, -0.15) is 0 Å². The molecule has 2 aliphatic rings. The van der Waals surface area contributed by atoms with Crippen LogP contribution in [0.4, 0.5) is 4.39 Å². The number of pyridine rings is 1. The van der Waals surface area contributed by atoms with Crippen molar-refractivity contribution in [2.45, 2.75) is 37.8 Å². The predicted molar refractivity (Wildman–Crippen MR) is 86.9 cm³/mol. The first kappa shape index (κ1) is 15.2. The first-order chi connectivity index (χ1) is 11.7. The molecule has 124 valence electrons. The van der Waals surface area contributed by atoms with E-state index in [9.17, 15) is 9.18 Å². The van der Waals surface area contributed by atoms with Gasteiger partial charge in [0.05, 0.1) is 5.69 Å². The number of alkyl halides is 1. The Hall–Kier alpha value is -2.37. The summed E-state index contributed by atoms with van der Waals surface area (Å²) < 4.78 is 14.5. The van der Waals surface area contributed by atoms with Crippen LogP contribution in [0.3, 0.4) is 0 Å². The van der Waals surface area contributed by atoms with Crippen molar-refractivity contribution in [3.8, 4) is 11.3 Å². The molecule has 1 saturated carbocycles. The lowest BCUT2D eigenvalue weighted by atomic mass is 9.81. The fraction of sp³-hybridized carbons (Fsp3) is 0.444. The number of hydrogen-bond donors (Lipinski definition) is 0. The van der Waals surface area contributed by atoms with Crippen LogP contribution in [0.25, 0.3) is 11.3 Å². The summed E-state index contributed by atoms with van der Waals surface area (Å²) in [6, 6.07) is 3.84. The average molecular weight is 326 g/mol. The Bertz CT molecular complexity index is 761. The molecule has 0 spiro atoms. The fourth-order valence-corrected chi connectivity index (χ4v) is 3.47. The second-order valence-electron chi connectivity index (χ2n) is 6.49.